The van der Waals surface area contributed by atoms with Crippen molar-refractivity contribution in [2.45, 2.75) is 86.0 Å². The number of thioether (sulfide) groups is 2. The van der Waals surface area contributed by atoms with Gasteiger partial charge in [-0.05, 0) is 18.9 Å². The third kappa shape index (κ3) is 24.3. The van der Waals surface area contributed by atoms with Gasteiger partial charge >= 0.3 is 36.6 Å². The number of ketones is 1. The molecule has 0 aliphatic heterocycles. The largest absolute Gasteiger partial charge is 0.575 e. The van der Waals surface area contributed by atoms with Crippen LogP contribution in [0.3, 0.4) is 0 Å². The minimum atomic E-state index is -5.27. The fraction of sp³-hybridized carbons (Fsp3) is 0.559. The van der Waals surface area contributed by atoms with E-state index in [1.807, 2.05) is 5.32 Å². The summed E-state index contributed by atoms with van der Waals surface area (Å²) in [6.45, 7) is -1.64. The lowest BCUT2D eigenvalue weighted by Gasteiger charge is -2.24. The molecule has 31 heteroatoms. The van der Waals surface area contributed by atoms with E-state index in [0.717, 1.165) is 36.3 Å². The Balaban J connectivity index is 2.54. The van der Waals surface area contributed by atoms with Crippen molar-refractivity contribution in [1.82, 2.24) is 41.2 Å². The molecule has 2 heterocycles. The predicted octanol–water partition coefficient (Wildman–Crippen LogP) is -0.278. The van der Waals surface area contributed by atoms with Crippen LogP contribution in [-0.4, -0.2) is 145 Å². The second-order valence-electron chi connectivity index (χ2n) is 13.4. The number of ether oxygens (including phenoxy) is 2. The molecule has 362 valence electrons. The number of hydrogen-bond donors (Lipinski definition) is 10. The molecule has 0 aromatic carbocycles. The Kier molecular flexibility index (Phi) is 23.0. The monoisotopic (exact) mass is 977 g/mol. The summed E-state index contributed by atoms with van der Waals surface area (Å²) in [6, 6.07) is -3.35. The molecule has 23 nitrogen and oxygen atoms in total. The zero-order valence-corrected chi connectivity index (χ0v) is 35.3. The molecule has 0 radical (unpaired) electrons. The van der Waals surface area contributed by atoms with E-state index < -0.39 is 145 Å². The first-order valence-electron chi connectivity index (χ1n) is 18.7. The zero-order valence-electron chi connectivity index (χ0n) is 33.7. The van der Waals surface area contributed by atoms with E-state index in [1.54, 1.807) is 0 Å². The number of carbonyl (C=O) groups excluding carboxylic acids is 4. The van der Waals surface area contributed by atoms with Gasteiger partial charge in [-0.25, -0.2) is 9.97 Å². The Morgan fingerprint density at radius 2 is 1.34 bits per heavy atom. The molecule has 2 aromatic rings. The van der Waals surface area contributed by atoms with Gasteiger partial charge < -0.3 is 63.3 Å². The van der Waals surface area contributed by atoms with Crippen LogP contribution in [0.2, 0.25) is 0 Å². The minimum absolute atomic E-state index is 0.0577. The molecule has 0 spiro atoms. The second-order valence-corrected chi connectivity index (χ2v) is 15.9. The van der Waals surface area contributed by atoms with Crippen molar-refractivity contribution < 1.29 is 84.7 Å². The number of carboxylic acid groups (broad SMARTS) is 3. The van der Waals surface area contributed by atoms with Gasteiger partial charge in [-0.15, -0.1) is 49.9 Å². The van der Waals surface area contributed by atoms with Crippen molar-refractivity contribution in [2.75, 3.05) is 31.1 Å². The van der Waals surface area contributed by atoms with Crippen LogP contribution in [0.4, 0.5) is 26.3 Å². The lowest BCUT2D eigenvalue weighted by molar-refractivity contribution is -0.278. The van der Waals surface area contributed by atoms with Gasteiger partial charge in [-0.1, -0.05) is 0 Å². The standard InChI is InChI=1S/C34H45F6N11O12S2/c35-33(36,37)62-26-6-8-45-29(51-26)22(64-14-16(11-44-12-27(55)56)48-24(53)4-2-23(42)43)10-17(52)9-21(19-5-7-46-32(50-19)63-34(38,39)40)65-15-20(30(59)47-13-28(57)58)49-25(54)3-1-18(41)31(60)61/h5-8,16,18,20-23,44H,1-4,9-15,41-43H2,(H,47,59)(H,48,53)(H,49,54)(H,55,56)(H,57,58)(H,60,61)/t16-,18+,20+,21?,22?/m1/s1. The predicted molar refractivity (Wildman–Crippen MR) is 213 cm³/mol. The summed E-state index contributed by atoms with van der Waals surface area (Å²) in [5.41, 5.74) is 16.2. The molecule has 0 saturated heterocycles. The smallest absolute Gasteiger partial charge is 0.480 e. The highest BCUT2D eigenvalue weighted by Gasteiger charge is 2.35. The fourth-order valence-corrected chi connectivity index (χ4v) is 7.53. The molecule has 3 amide bonds. The number of Topliss-reactive ketones (excluding diaryl/α,β-unsaturated/α-hetero) is 1. The number of nitrogens with zero attached hydrogens (tertiary/aromatic N) is 4. The molecule has 0 fully saturated rings. The first kappa shape index (κ1) is 55.5. The average molecular weight is 978 g/mol. The van der Waals surface area contributed by atoms with Crippen LogP contribution in [0.1, 0.15) is 60.5 Å². The number of aliphatic carboxylic acids is 3. The van der Waals surface area contributed by atoms with Crippen LogP contribution in [0.15, 0.2) is 24.5 Å². The third-order valence-electron chi connectivity index (χ3n) is 7.94. The molecular weight excluding hydrogens is 933 g/mol. The van der Waals surface area contributed by atoms with Crippen LogP contribution in [0.25, 0.3) is 0 Å². The van der Waals surface area contributed by atoms with Crippen molar-refractivity contribution in [2.24, 2.45) is 17.2 Å². The molecule has 2 rings (SSSR count). The minimum Gasteiger partial charge on any atom is -0.480 e. The summed E-state index contributed by atoms with van der Waals surface area (Å²) < 4.78 is 86.7. The number of hydrogen-bond acceptors (Lipinski definition) is 19. The Hall–Kier alpha value is -5.63. The maximum Gasteiger partial charge on any atom is 0.575 e. The quantitative estimate of drug-likeness (QED) is 0.0355. The van der Waals surface area contributed by atoms with Crippen molar-refractivity contribution in [3.63, 3.8) is 0 Å². The molecule has 0 aliphatic rings. The van der Waals surface area contributed by atoms with E-state index in [2.05, 4.69) is 45.4 Å². The van der Waals surface area contributed by atoms with Gasteiger partial charge in [0.15, 0.2) is 0 Å². The highest BCUT2D eigenvalue weighted by Crippen LogP contribution is 2.37. The highest BCUT2D eigenvalue weighted by atomic mass is 32.2. The Labute approximate surface area is 372 Å². The van der Waals surface area contributed by atoms with Crippen LogP contribution < -0.4 is 47.9 Å². The van der Waals surface area contributed by atoms with Gasteiger partial charge in [-0.2, -0.15) is 9.97 Å². The first-order chi connectivity index (χ1) is 30.3. The Bertz CT molecular complexity index is 1940. The number of nitrogens with one attached hydrogen (secondary N) is 4. The number of halogens is 6. The van der Waals surface area contributed by atoms with Crippen molar-refractivity contribution >= 4 is 64.9 Å². The Morgan fingerprint density at radius 1 is 0.738 bits per heavy atom. The van der Waals surface area contributed by atoms with Gasteiger partial charge in [0, 0.05) is 62.2 Å². The summed E-state index contributed by atoms with van der Waals surface area (Å²) in [7, 11) is 0. The number of alkyl halides is 6. The molecular formula is C34H45F6N11O12S2. The summed E-state index contributed by atoms with van der Waals surface area (Å²) in [4.78, 5) is 101. The van der Waals surface area contributed by atoms with Crippen LogP contribution in [-0.2, 0) is 33.6 Å². The van der Waals surface area contributed by atoms with Gasteiger partial charge in [-0.3, -0.25) is 33.6 Å². The topological polar surface area (TPSA) is 376 Å². The van der Waals surface area contributed by atoms with Gasteiger partial charge in [0.1, 0.15) is 30.2 Å². The average Bonchev–Trinajstić information content (AvgIpc) is 3.19. The number of carboxylic acids is 3. The number of rotatable bonds is 30. The van der Waals surface area contributed by atoms with E-state index in [-0.39, 0.29) is 37.3 Å². The molecule has 2 aromatic heterocycles. The van der Waals surface area contributed by atoms with Gasteiger partial charge in [0.25, 0.3) is 0 Å². The number of nitrogens with two attached hydrogens (primary N) is 3. The molecule has 13 N–H and O–H groups in total. The van der Waals surface area contributed by atoms with Gasteiger partial charge in [0.05, 0.1) is 34.9 Å². The van der Waals surface area contributed by atoms with Crippen LogP contribution in [0, 0.1) is 0 Å². The fourth-order valence-electron chi connectivity index (χ4n) is 5.04. The normalized spacial score (nSPS) is 14.0. The first-order valence-corrected chi connectivity index (χ1v) is 20.8. The second kappa shape index (κ2) is 27.0. The van der Waals surface area contributed by atoms with E-state index in [1.165, 1.54) is 0 Å². The molecule has 0 aliphatic carbocycles. The van der Waals surface area contributed by atoms with Crippen molar-refractivity contribution in [1.29, 1.82) is 0 Å². The molecule has 0 saturated carbocycles. The number of amides is 3. The maximum atomic E-state index is 14.0. The SMILES string of the molecule is NC(N)CCC(=O)N[C@H](CNCC(=O)O)CSC(CC(=O)CC(SC[C@H](NC(=O)CC[C@H](N)C(=O)O)C(=O)NCC(=O)O)c1ccnc(OC(F)(F)F)n1)c1nccc(OC(F)(F)F)n1. The summed E-state index contributed by atoms with van der Waals surface area (Å²) in [5.74, 6) is -9.57. The lowest BCUT2D eigenvalue weighted by atomic mass is 10.1. The van der Waals surface area contributed by atoms with E-state index in [0.29, 0.717) is 11.8 Å². The highest BCUT2D eigenvalue weighted by molar-refractivity contribution is 7.99. The van der Waals surface area contributed by atoms with E-state index in [9.17, 15) is 59.9 Å². The summed E-state index contributed by atoms with van der Waals surface area (Å²) in [6.07, 6.45) is -11.9. The number of aromatic nitrogens is 4. The molecule has 5 atom stereocenters. The van der Waals surface area contributed by atoms with Crippen LogP contribution in [0.5, 0.6) is 11.9 Å². The van der Waals surface area contributed by atoms with Gasteiger partial charge in [0.2, 0.25) is 23.6 Å². The lowest BCUT2D eigenvalue weighted by Crippen LogP contribution is -2.49. The number of carbonyl (C=O) groups is 7. The zero-order chi connectivity index (χ0) is 48.9. The molecule has 2 unspecified atom stereocenters. The third-order valence-corrected chi connectivity index (χ3v) is 10.7. The summed E-state index contributed by atoms with van der Waals surface area (Å²) in [5, 5.41) is 34.2. The van der Waals surface area contributed by atoms with E-state index in [4.69, 9.17) is 32.5 Å². The van der Waals surface area contributed by atoms with Crippen LogP contribution >= 0.6 is 23.5 Å². The maximum absolute atomic E-state index is 14.0. The molecule has 0 bridgehead atoms. The summed E-state index contributed by atoms with van der Waals surface area (Å²) >= 11 is 1.49. The van der Waals surface area contributed by atoms with E-state index >= 15 is 0 Å². The Morgan fingerprint density at radius 3 is 1.95 bits per heavy atom. The van der Waals surface area contributed by atoms with Crippen molar-refractivity contribution in [3.8, 4) is 11.9 Å². The van der Waals surface area contributed by atoms with Crippen molar-refractivity contribution in [3.05, 3.63) is 36.0 Å². The molecule has 65 heavy (non-hydrogen) atoms.